The smallest absolute Gasteiger partial charge is 0.0314 e. The number of thioether (sulfide) groups is 1. The lowest BCUT2D eigenvalue weighted by molar-refractivity contribution is 0.309. The third kappa shape index (κ3) is 3.16. The highest BCUT2D eigenvalue weighted by atomic mass is 35.5. The molecular formula is C8H15ClS. The molecule has 0 bridgehead atoms. The normalized spacial score (nSPS) is 18.9. The van der Waals surface area contributed by atoms with Gasteiger partial charge < -0.3 is 0 Å². The molecule has 0 saturated heterocycles. The standard InChI is InChI=1S/C8H15ClS/c9-5-7-10-6-4-8-2-1-3-8/h8H,1-7H2. The first kappa shape index (κ1) is 8.73. The number of hydrogen-bond acceptors (Lipinski definition) is 1. The Balaban J connectivity index is 1.76. The van der Waals surface area contributed by atoms with E-state index in [-0.39, 0.29) is 0 Å². The van der Waals surface area contributed by atoms with Gasteiger partial charge in [-0.05, 0) is 18.1 Å². The number of rotatable bonds is 5. The van der Waals surface area contributed by atoms with E-state index in [1.807, 2.05) is 11.8 Å². The van der Waals surface area contributed by atoms with Gasteiger partial charge in [0.15, 0.2) is 0 Å². The molecule has 0 spiro atoms. The molecule has 0 aromatic carbocycles. The van der Waals surface area contributed by atoms with Crippen molar-refractivity contribution in [2.24, 2.45) is 5.92 Å². The molecule has 1 rings (SSSR count). The molecule has 0 aromatic heterocycles. The van der Waals surface area contributed by atoms with Gasteiger partial charge in [0.05, 0.1) is 0 Å². The Labute approximate surface area is 72.7 Å². The van der Waals surface area contributed by atoms with Crippen LogP contribution in [0.2, 0.25) is 0 Å². The zero-order chi connectivity index (χ0) is 7.23. The van der Waals surface area contributed by atoms with E-state index in [0.29, 0.717) is 0 Å². The van der Waals surface area contributed by atoms with Gasteiger partial charge >= 0.3 is 0 Å². The average molecular weight is 179 g/mol. The molecule has 0 atom stereocenters. The van der Waals surface area contributed by atoms with Crippen LogP contribution in [0.5, 0.6) is 0 Å². The summed E-state index contributed by atoms with van der Waals surface area (Å²) in [5.74, 6) is 4.35. The van der Waals surface area contributed by atoms with E-state index in [0.717, 1.165) is 17.6 Å². The second-order valence-corrected chi connectivity index (χ2v) is 4.49. The molecule has 60 valence electrons. The fourth-order valence-electron chi connectivity index (χ4n) is 1.19. The Hall–Kier alpha value is 0.640. The molecule has 1 saturated carbocycles. The molecule has 0 amide bonds. The lowest BCUT2D eigenvalue weighted by Crippen LogP contribution is -2.11. The Bertz CT molecular complexity index is 81.3. The topological polar surface area (TPSA) is 0 Å². The third-order valence-electron chi connectivity index (χ3n) is 2.12. The Morgan fingerprint density at radius 2 is 2.10 bits per heavy atom. The molecule has 10 heavy (non-hydrogen) atoms. The first-order chi connectivity index (χ1) is 4.93. The van der Waals surface area contributed by atoms with Crippen LogP contribution in [0, 0.1) is 5.92 Å². The SMILES string of the molecule is ClCCSCCC1CCC1. The molecule has 1 fully saturated rings. The van der Waals surface area contributed by atoms with Gasteiger partial charge in [0.1, 0.15) is 0 Å². The maximum atomic E-state index is 5.54. The zero-order valence-electron chi connectivity index (χ0n) is 6.31. The second-order valence-electron chi connectivity index (χ2n) is 2.89. The third-order valence-corrected chi connectivity index (χ3v) is 3.55. The van der Waals surface area contributed by atoms with Gasteiger partial charge in [-0.25, -0.2) is 0 Å². The van der Waals surface area contributed by atoms with Gasteiger partial charge in [0, 0.05) is 11.6 Å². The molecule has 0 aromatic rings. The van der Waals surface area contributed by atoms with Gasteiger partial charge in [-0.2, -0.15) is 11.8 Å². The molecule has 0 radical (unpaired) electrons. The summed E-state index contributed by atoms with van der Waals surface area (Å²) in [4.78, 5) is 0. The van der Waals surface area contributed by atoms with Crippen molar-refractivity contribution in [1.29, 1.82) is 0 Å². The molecule has 1 aliphatic carbocycles. The molecule has 0 unspecified atom stereocenters. The van der Waals surface area contributed by atoms with E-state index in [2.05, 4.69) is 0 Å². The van der Waals surface area contributed by atoms with Gasteiger partial charge in [-0.3, -0.25) is 0 Å². The van der Waals surface area contributed by atoms with E-state index in [4.69, 9.17) is 11.6 Å². The summed E-state index contributed by atoms with van der Waals surface area (Å²) in [6, 6.07) is 0. The van der Waals surface area contributed by atoms with Gasteiger partial charge in [0.2, 0.25) is 0 Å². The lowest BCUT2D eigenvalue weighted by atomic mass is 9.84. The summed E-state index contributed by atoms with van der Waals surface area (Å²) in [5.41, 5.74) is 0. The highest BCUT2D eigenvalue weighted by Crippen LogP contribution is 2.30. The Morgan fingerprint density at radius 1 is 1.30 bits per heavy atom. The monoisotopic (exact) mass is 178 g/mol. The summed E-state index contributed by atoms with van der Waals surface area (Å²) >= 11 is 7.54. The van der Waals surface area contributed by atoms with Crippen molar-refractivity contribution in [3.63, 3.8) is 0 Å². The lowest BCUT2D eigenvalue weighted by Gasteiger charge is -2.24. The van der Waals surface area contributed by atoms with Crippen LogP contribution in [0.15, 0.2) is 0 Å². The summed E-state index contributed by atoms with van der Waals surface area (Å²) in [7, 11) is 0. The van der Waals surface area contributed by atoms with Crippen LogP contribution in [-0.4, -0.2) is 17.4 Å². The van der Waals surface area contributed by atoms with Crippen molar-refractivity contribution >= 4 is 23.4 Å². The summed E-state index contributed by atoms with van der Waals surface area (Å²) in [6.07, 6.45) is 5.88. The van der Waals surface area contributed by atoms with Crippen LogP contribution in [0.4, 0.5) is 0 Å². The second kappa shape index (κ2) is 5.31. The molecule has 0 heterocycles. The van der Waals surface area contributed by atoms with E-state index in [1.165, 1.54) is 31.4 Å². The average Bonchev–Trinajstić information content (AvgIpc) is 1.84. The first-order valence-corrected chi connectivity index (χ1v) is 5.76. The van der Waals surface area contributed by atoms with Crippen molar-refractivity contribution in [2.75, 3.05) is 17.4 Å². The minimum absolute atomic E-state index is 0.815. The summed E-state index contributed by atoms with van der Waals surface area (Å²) < 4.78 is 0. The number of hydrogen-bond donors (Lipinski definition) is 0. The fraction of sp³-hybridized carbons (Fsp3) is 1.00. The van der Waals surface area contributed by atoms with Crippen LogP contribution in [0.3, 0.4) is 0 Å². The fourth-order valence-corrected chi connectivity index (χ4v) is 2.33. The number of halogens is 1. The van der Waals surface area contributed by atoms with Crippen LogP contribution in [0.1, 0.15) is 25.7 Å². The summed E-state index contributed by atoms with van der Waals surface area (Å²) in [6.45, 7) is 0. The minimum atomic E-state index is 0.815. The minimum Gasteiger partial charge on any atom is -0.161 e. The maximum absolute atomic E-state index is 5.54. The number of alkyl halides is 1. The van der Waals surface area contributed by atoms with Gasteiger partial charge in [0.25, 0.3) is 0 Å². The van der Waals surface area contributed by atoms with Crippen LogP contribution in [0.25, 0.3) is 0 Å². The predicted molar refractivity (Wildman–Crippen MR) is 50.0 cm³/mol. The highest BCUT2D eigenvalue weighted by molar-refractivity contribution is 7.99. The zero-order valence-corrected chi connectivity index (χ0v) is 7.89. The van der Waals surface area contributed by atoms with E-state index < -0.39 is 0 Å². The Morgan fingerprint density at radius 3 is 2.60 bits per heavy atom. The van der Waals surface area contributed by atoms with E-state index in [1.54, 1.807) is 0 Å². The van der Waals surface area contributed by atoms with Crippen LogP contribution in [-0.2, 0) is 0 Å². The van der Waals surface area contributed by atoms with Crippen molar-refractivity contribution in [3.05, 3.63) is 0 Å². The first-order valence-electron chi connectivity index (χ1n) is 4.07. The van der Waals surface area contributed by atoms with E-state index >= 15 is 0 Å². The molecule has 0 aliphatic heterocycles. The maximum Gasteiger partial charge on any atom is 0.0314 e. The highest BCUT2D eigenvalue weighted by Gasteiger charge is 2.15. The van der Waals surface area contributed by atoms with Gasteiger partial charge in [-0.1, -0.05) is 19.3 Å². The quantitative estimate of drug-likeness (QED) is 0.461. The molecular weight excluding hydrogens is 164 g/mol. The van der Waals surface area contributed by atoms with Crippen molar-refractivity contribution in [3.8, 4) is 0 Å². The van der Waals surface area contributed by atoms with Crippen molar-refractivity contribution in [2.45, 2.75) is 25.7 Å². The van der Waals surface area contributed by atoms with Crippen molar-refractivity contribution in [1.82, 2.24) is 0 Å². The predicted octanol–water partition coefficient (Wildman–Crippen LogP) is 3.15. The molecule has 0 N–H and O–H groups in total. The molecule has 1 aliphatic rings. The van der Waals surface area contributed by atoms with Crippen molar-refractivity contribution < 1.29 is 0 Å². The molecule has 2 heteroatoms. The van der Waals surface area contributed by atoms with Crippen LogP contribution < -0.4 is 0 Å². The van der Waals surface area contributed by atoms with E-state index in [9.17, 15) is 0 Å². The summed E-state index contributed by atoms with van der Waals surface area (Å²) in [5, 5.41) is 0. The van der Waals surface area contributed by atoms with Gasteiger partial charge in [-0.15, -0.1) is 11.6 Å². The van der Waals surface area contributed by atoms with Crippen LogP contribution >= 0.6 is 23.4 Å². The molecule has 0 nitrogen and oxygen atoms in total. The largest absolute Gasteiger partial charge is 0.161 e. The Kier molecular flexibility index (Phi) is 4.64.